The van der Waals surface area contributed by atoms with Crippen LogP contribution in [0, 0.1) is 0 Å². The number of hydrogen-bond donors (Lipinski definition) is 2. The molecule has 0 unspecified atom stereocenters. The van der Waals surface area contributed by atoms with Crippen molar-refractivity contribution >= 4 is 11.8 Å². The maximum absolute atomic E-state index is 12.1. The zero-order valence-electron chi connectivity index (χ0n) is 15.2. The second-order valence-corrected chi connectivity index (χ2v) is 5.54. The van der Waals surface area contributed by atoms with Gasteiger partial charge in [-0.2, -0.15) is 0 Å². The van der Waals surface area contributed by atoms with E-state index < -0.39 is 12.2 Å². The molecule has 0 rings (SSSR count). The van der Waals surface area contributed by atoms with E-state index in [1.54, 1.807) is 26.0 Å². The van der Waals surface area contributed by atoms with Crippen molar-refractivity contribution in [2.75, 3.05) is 19.8 Å². The highest BCUT2D eigenvalue weighted by molar-refractivity contribution is 5.81. The lowest BCUT2D eigenvalue weighted by Crippen LogP contribution is -2.48. The molecule has 0 aromatic carbocycles. The summed E-state index contributed by atoms with van der Waals surface area (Å²) >= 11 is 0. The van der Waals surface area contributed by atoms with E-state index in [0.717, 1.165) is 0 Å². The Morgan fingerprint density at radius 1 is 1.00 bits per heavy atom. The quantitative estimate of drug-likeness (QED) is 0.374. The van der Waals surface area contributed by atoms with E-state index in [9.17, 15) is 9.59 Å². The fraction of sp³-hybridized carbons (Fsp3) is 0.667. The van der Waals surface area contributed by atoms with E-state index in [0.29, 0.717) is 39.0 Å². The molecule has 0 aliphatic rings. The zero-order chi connectivity index (χ0) is 18.4. The predicted octanol–water partition coefficient (Wildman–Crippen LogP) is 1.96. The molecule has 0 saturated heterocycles. The first-order valence-corrected chi connectivity index (χ1v) is 8.49. The van der Waals surface area contributed by atoms with Gasteiger partial charge in [0.15, 0.2) is 0 Å². The van der Waals surface area contributed by atoms with Gasteiger partial charge >= 0.3 is 0 Å². The van der Waals surface area contributed by atoms with E-state index in [2.05, 4.69) is 23.8 Å². The van der Waals surface area contributed by atoms with Gasteiger partial charge in [-0.25, -0.2) is 0 Å². The van der Waals surface area contributed by atoms with Gasteiger partial charge in [0.05, 0.1) is 13.2 Å². The molecule has 0 aromatic heterocycles. The maximum Gasteiger partial charge on any atom is 0.249 e. The Bertz CT molecular complexity index is 398. The van der Waals surface area contributed by atoms with Gasteiger partial charge in [0.1, 0.15) is 12.2 Å². The van der Waals surface area contributed by atoms with Crippen LogP contribution in [0.25, 0.3) is 0 Å². The van der Waals surface area contributed by atoms with Crippen molar-refractivity contribution in [3.05, 3.63) is 25.3 Å². The summed E-state index contributed by atoms with van der Waals surface area (Å²) in [5.41, 5.74) is 0. The monoisotopic (exact) mass is 340 g/mol. The van der Waals surface area contributed by atoms with Gasteiger partial charge in [-0.15, -0.1) is 13.2 Å². The molecule has 3 atom stereocenters. The van der Waals surface area contributed by atoms with Crippen LogP contribution in [0.5, 0.6) is 0 Å². The third kappa shape index (κ3) is 10.2. The first-order valence-electron chi connectivity index (χ1n) is 8.49. The molecule has 0 fully saturated rings. The van der Waals surface area contributed by atoms with Crippen molar-refractivity contribution in [2.24, 2.45) is 0 Å². The Balaban J connectivity index is 4.16. The van der Waals surface area contributed by atoms with Crippen LogP contribution >= 0.6 is 0 Å². The van der Waals surface area contributed by atoms with Crippen molar-refractivity contribution in [1.82, 2.24) is 10.6 Å². The molecular weight excluding hydrogens is 308 g/mol. The standard InChI is InChI=1S/C18H32N2O4/c1-6-9-11-23-14(4)17(21)19-13-16(8-3)20-18(22)15(5)24-12-10-7-2/h6-7,14-16H,1-2,8-13H2,3-5H3,(H,19,21)(H,20,22)/t14-,15-,16-/m1/s1. The molecule has 0 bridgehead atoms. The van der Waals surface area contributed by atoms with Crippen LogP contribution < -0.4 is 10.6 Å². The average Bonchev–Trinajstić information content (AvgIpc) is 2.58. The minimum atomic E-state index is -0.532. The normalized spacial score (nSPS) is 14.3. The number of ether oxygens (including phenoxy) is 2. The van der Waals surface area contributed by atoms with Gasteiger partial charge in [0.2, 0.25) is 11.8 Å². The van der Waals surface area contributed by atoms with Gasteiger partial charge < -0.3 is 20.1 Å². The molecule has 0 heterocycles. The van der Waals surface area contributed by atoms with Gasteiger partial charge in [0, 0.05) is 12.6 Å². The van der Waals surface area contributed by atoms with Crippen LogP contribution in [0.15, 0.2) is 25.3 Å². The van der Waals surface area contributed by atoms with E-state index in [-0.39, 0.29) is 17.9 Å². The lowest BCUT2D eigenvalue weighted by Gasteiger charge is -2.21. The molecule has 6 nitrogen and oxygen atoms in total. The first kappa shape index (κ1) is 22.3. The Kier molecular flexibility index (Phi) is 12.8. The Morgan fingerprint density at radius 3 is 1.96 bits per heavy atom. The third-order valence-corrected chi connectivity index (χ3v) is 3.48. The molecule has 6 heteroatoms. The van der Waals surface area contributed by atoms with Gasteiger partial charge in [-0.1, -0.05) is 19.1 Å². The highest BCUT2D eigenvalue weighted by Crippen LogP contribution is 1.98. The summed E-state index contributed by atoms with van der Waals surface area (Å²) < 4.78 is 10.8. The number of nitrogens with one attached hydrogen (secondary N) is 2. The predicted molar refractivity (Wildman–Crippen MR) is 95.7 cm³/mol. The van der Waals surface area contributed by atoms with Crippen molar-refractivity contribution in [1.29, 1.82) is 0 Å². The summed E-state index contributed by atoms with van der Waals surface area (Å²) in [5, 5.41) is 5.68. The van der Waals surface area contributed by atoms with Crippen molar-refractivity contribution in [3.8, 4) is 0 Å². The number of carbonyl (C=O) groups excluding carboxylic acids is 2. The molecule has 0 radical (unpaired) electrons. The second kappa shape index (κ2) is 13.7. The Hall–Kier alpha value is -1.66. The highest BCUT2D eigenvalue weighted by atomic mass is 16.5. The van der Waals surface area contributed by atoms with E-state index in [1.165, 1.54) is 0 Å². The Morgan fingerprint density at radius 2 is 1.50 bits per heavy atom. The summed E-state index contributed by atoms with van der Waals surface area (Å²) in [6, 6.07) is -0.146. The molecule has 0 spiro atoms. The molecular formula is C18H32N2O4. The lowest BCUT2D eigenvalue weighted by atomic mass is 10.2. The molecule has 138 valence electrons. The third-order valence-electron chi connectivity index (χ3n) is 3.48. The highest BCUT2D eigenvalue weighted by Gasteiger charge is 2.19. The topological polar surface area (TPSA) is 76.7 Å². The second-order valence-electron chi connectivity index (χ2n) is 5.54. The molecule has 0 aliphatic heterocycles. The average molecular weight is 340 g/mol. The van der Waals surface area contributed by atoms with Crippen LogP contribution in [0.3, 0.4) is 0 Å². The number of rotatable bonds is 14. The van der Waals surface area contributed by atoms with Crippen molar-refractivity contribution in [2.45, 2.75) is 58.3 Å². The molecule has 0 aliphatic carbocycles. The van der Waals surface area contributed by atoms with Crippen LogP contribution in [0.2, 0.25) is 0 Å². The smallest absolute Gasteiger partial charge is 0.249 e. The first-order chi connectivity index (χ1) is 11.5. The summed E-state index contributed by atoms with van der Waals surface area (Å²) in [7, 11) is 0. The van der Waals surface area contributed by atoms with E-state index in [1.807, 2.05) is 6.92 Å². The summed E-state index contributed by atoms with van der Waals surface area (Å²) in [4.78, 5) is 24.0. The molecule has 0 saturated carbocycles. The van der Waals surface area contributed by atoms with Crippen LogP contribution in [0.4, 0.5) is 0 Å². The van der Waals surface area contributed by atoms with Crippen LogP contribution in [0.1, 0.15) is 40.0 Å². The SMILES string of the molecule is C=CCCO[C@H](C)C(=O)NC[C@@H](CC)NC(=O)[C@@H](C)OCCC=C. The van der Waals surface area contributed by atoms with Crippen LogP contribution in [-0.2, 0) is 19.1 Å². The summed E-state index contributed by atoms with van der Waals surface area (Å²) in [6.45, 7) is 13.9. The summed E-state index contributed by atoms with van der Waals surface area (Å²) in [6.07, 6.45) is 4.54. The van der Waals surface area contributed by atoms with E-state index in [4.69, 9.17) is 9.47 Å². The fourth-order valence-corrected chi connectivity index (χ4v) is 1.79. The minimum absolute atomic E-state index is 0.146. The van der Waals surface area contributed by atoms with Gasteiger partial charge in [-0.3, -0.25) is 9.59 Å². The molecule has 0 aromatic rings. The molecule has 24 heavy (non-hydrogen) atoms. The summed E-state index contributed by atoms with van der Waals surface area (Å²) in [5.74, 6) is -0.377. The fourth-order valence-electron chi connectivity index (χ4n) is 1.79. The van der Waals surface area contributed by atoms with Gasteiger partial charge in [-0.05, 0) is 33.1 Å². The maximum atomic E-state index is 12.1. The van der Waals surface area contributed by atoms with Gasteiger partial charge in [0.25, 0.3) is 0 Å². The number of carbonyl (C=O) groups is 2. The minimum Gasteiger partial charge on any atom is -0.368 e. The molecule has 2 N–H and O–H groups in total. The van der Waals surface area contributed by atoms with Crippen LogP contribution in [-0.4, -0.2) is 49.8 Å². The number of amides is 2. The number of hydrogen-bond acceptors (Lipinski definition) is 4. The molecule has 2 amide bonds. The largest absolute Gasteiger partial charge is 0.368 e. The Labute approximate surface area is 145 Å². The van der Waals surface area contributed by atoms with E-state index >= 15 is 0 Å². The lowest BCUT2D eigenvalue weighted by molar-refractivity contribution is -0.134. The van der Waals surface area contributed by atoms with Crippen molar-refractivity contribution in [3.63, 3.8) is 0 Å². The zero-order valence-corrected chi connectivity index (χ0v) is 15.2. The van der Waals surface area contributed by atoms with Crippen molar-refractivity contribution < 1.29 is 19.1 Å².